The van der Waals surface area contributed by atoms with Crippen molar-refractivity contribution in [2.75, 3.05) is 0 Å². The number of thiophene rings is 1. The highest BCUT2D eigenvalue weighted by Gasteiger charge is 2.40. The Labute approximate surface area is 143 Å². The molecule has 0 bridgehead atoms. The van der Waals surface area contributed by atoms with Gasteiger partial charge >= 0.3 is 5.97 Å². The summed E-state index contributed by atoms with van der Waals surface area (Å²) in [5.41, 5.74) is 1.13. The lowest BCUT2D eigenvalue weighted by Gasteiger charge is -2.41. The number of halogens is 1. The lowest BCUT2D eigenvalue weighted by molar-refractivity contribution is -0.139. The third-order valence-corrected chi connectivity index (χ3v) is 5.53. The number of benzene rings is 1. The molecule has 1 aliphatic rings. The van der Waals surface area contributed by atoms with Crippen LogP contribution in [-0.4, -0.2) is 22.5 Å². The number of carbonyl (C=O) groups is 2. The van der Waals surface area contributed by atoms with Crippen LogP contribution < -0.4 is 5.32 Å². The average Bonchev–Trinajstić information content (AvgIpc) is 2.87. The molecule has 1 amide bonds. The monoisotopic (exact) mass is 347 g/mol. The van der Waals surface area contributed by atoms with Gasteiger partial charge < -0.3 is 10.4 Å². The second-order valence-electron chi connectivity index (χ2n) is 6.25. The summed E-state index contributed by atoms with van der Waals surface area (Å²) < 4.78 is 13.1. The Balaban J connectivity index is 1.80. The van der Waals surface area contributed by atoms with Crippen molar-refractivity contribution in [3.05, 3.63) is 45.9 Å². The van der Waals surface area contributed by atoms with E-state index in [1.54, 1.807) is 18.2 Å². The molecule has 1 saturated carbocycles. The molecule has 0 unspecified atom stereocenters. The molecule has 4 nitrogen and oxygen atoms in total. The molecule has 0 saturated heterocycles. The predicted octanol–water partition coefficient (Wildman–Crippen LogP) is 3.99. The fourth-order valence-electron chi connectivity index (χ4n) is 3.05. The van der Waals surface area contributed by atoms with Crippen LogP contribution in [0.25, 0.3) is 11.1 Å². The number of carbonyl (C=O) groups excluding carboxylic acids is 1. The summed E-state index contributed by atoms with van der Waals surface area (Å²) in [6.07, 6.45) is 2.27. The number of nitrogens with one attached hydrogen (secondary N) is 1. The van der Waals surface area contributed by atoms with Crippen LogP contribution >= 0.6 is 11.3 Å². The van der Waals surface area contributed by atoms with Crippen LogP contribution in [0.1, 0.15) is 40.2 Å². The summed E-state index contributed by atoms with van der Waals surface area (Å²) in [7, 11) is 0. The maximum atomic E-state index is 13.1. The van der Waals surface area contributed by atoms with Crippen LogP contribution in [0.15, 0.2) is 30.3 Å². The quantitative estimate of drug-likeness (QED) is 0.859. The summed E-state index contributed by atoms with van der Waals surface area (Å²) in [5.74, 6) is -1.44. The predicted molar refractivity (Wildman–Crippen MR) is 90.8 cm³/mol. The van der Waals surface area contributed by atoms with E-state index in [4.69, 9.17) is 5.11 Å². The van der Waals surface area contributed by atoms with Crippen molar-refractivity contribution >= 4 is 23.2 Å². The van der Waals surface area contributed by atoms with E-state index in [1.807, 2.05) is 6.92 Å². The standard InChI is InChI=1S/C18H18FNO3S/c1-11-14(12-3-5-13(19)6-4-12)9-15(24-11)17(23)20-18(7-2-8-18)10-16(21)22/h3-6,9H,2,7-8,10H2,1H3,(H,20,23)(H,21,22). The second-order valence-corrected chi connectivity index (χ2v) is 7.50. The summed E-state index contributed by atoms with van der Waals surface area (Å²) in [5, 5.41) is 11.9. The molecule has 24 heavy (non-hydrogen) atoms. The number of carboxylic acids is 1. The number of amides is 1. The molecule has 0 radical (unpaired) electrons. The van der Waals surface area contributed by atoms with E-state index in [1.165, 1.54) is 23.5 Å². The zero-order valence-corrected chi connectivity index (χ0v) is 14.1. The van der Waals surface area contributed by atoms with Gasteiger partial charge in [-0.3, -0.25) is 9.59 Å². The van der Waals surface area contributed by atoms with Crippen molar-refractivity contribution in [3.8, 4) is 11.1 Å². The molecule has 2 N–H and O–H groups in total. The summed E-state index contributed by atoms with van der Waals surface area (Å²) in [6, 6.07) is 7.94. The minimum atomic E-state index is -0.899. The summed E-state index contributed by atoms with van der Waals surface area (Å²) >= 11 is 1.36. The molecule has 3 rings (SSSR count). The van der Waals surface area contributed by atoms with Gasteiger partial charge in [-0.25, -0.2) is 4.39 Å². The lowest BCUT2D eigenvalue weighted by atomic mass is 9.74. The summed E-state index contributed by atoms with van der Waals surface area (Å²) in [4.78, 5) is 25.1. The number of aryl methyl sites for hydroxylation is 1. The molecular formula is C18H18FNO3S. The molecule has 0 spiro atoms. The fraction of sp³-hybridized carbons (Fsp3) is 0.333. The molecule has 1 aromatic carbocycles. The third kappa shape index (κ3) is 3.33. The maximum Gasteiger partial charge on any atom is 0.305 e. The molecule has 1 aromatic heterocycles. The number of hydrogen-bond donors (Lipinski definition) is 2. The SMILES string of the molecule is Cc1sc(C(=O)NC2(CC(=O)O)CCC2)cc1-c1ccc(F)cc1. The van der Waals surface area contributed by atoms with Gasteiger partial charge in [0.05, 0.1) is 16.8 Å². The Morgan fingerprint density at radius 1 is 1.29 bits per heavy atom. The summed E-state index contributed by atoms with van der Waals surface area (Å²) in [6.45, 7) is 1.91. The van der Waals surface area contributed by atoms with E-state index in [0.717, 1.165) is 22.4 Å². The molecule has 126 valence electrons. The van der Waals surface area contributed by atoms with Crippen molar-refractivity contribution in [1.82, 2.24) is 5.32 Å². The highest BCUT2D eigenvalue weighted by Crippen LogP contribution is 2.36. The molecule has 0 atom stereocenters. The minimum absolute atomic E-state index is 0.0477. The third-order valence-electron chi connectivity index (χ3n) is 4.48. The second kappa shape index (κ2) is 6.36. The van der Waals surface area contributed by atoms with Gasteiger partial charge in [-0.05, 0) is 55.5 Å². The Hall–Kier alpha value is -2.21. The van der Waals surface area contributed by atoms with Gasteiger partial charge in [-0.1, -0.05) is 12.1 Å². The maximum absolute atomic E-state index is 13.1. The fourth-order valence-corrected chi connectivity index (χ4v) is 3.99. The topological polar surface area (TPSA) is 66.4 Å². The number of carboxylic acid groups (broad SMARTS) is 1. The highest BCUT2D eigenvalue weighted by atomic mass is 32.1. The van der Waals surface area contributed by atoms with Crippen LogP contribution in [0.5, 0.6) is 0 Å². The van der Waals surface area contributed by atoms with Gasteiger partial charge in [0.25, 0.3) is 5.91 Å². The molecule has 6 heteroatoms. The first-order chi connectivity index (χ1) is 11.4. The van der Waals surface area contributed by atoms with Gasteiger partial charge in [-0.2, -0.15) is 0 Å². The van der Waals surface area contributed by atoms with Crippen molar-refractivity contribution in [3.63, 3.8) is 0 Å². The van der Waals surface area contributed by atoms with Crippen molar-refractivity contribution in [1.29, 1.82) is 0 Å². The smallest absolute Gasteiger partial charge is 0.305 e. The molecule has 2 aromatic rings. The van der Waals surface area contributed by atoms with E-state index < -0.39 is 11.5 Å². The van der Waals surface area contributed by atoms with Crippen LogP contribution in [0.4, 0.5) is 4.39 Å². The van der Waals surface area contributed by atoms with Gasteiger partial charge in [0.15, 0.2) is 0 Å². The Kier molecular flexibility index (Phi) is 4.41. The Morgan fingerprint density at radius 3 is 2.50 bits per heavy atom. The average molecular weight is 347 g/mol. The van der Waals surface area contributed by atoms with Crippen molar-refractivity contribution in [2.45, 2.75) is 38.1 Å². The van der Waals surface area contributed by atoms with Gasteiger partial charge in [0.1, 0.15) is 5.82 Å². The minimum Gasteiger partial charge on any atom is -0.481 e. The normalized spacial score (nSPS) is 15.6. The lowest BCUT2D eigenvalue weighted by Crippen LogP contribution is -2.54. The molecular weight excluding hydrogens is 329 g/mol. The Bertz CT molecular complexity index is 778. The van der Waals surface area contributed by atoms with E-state index in [9.17, 15) is 14.0 Å². The molecule has 1 aliphatic carbocycles. The highest BCUT2D eigenvalue weighted by molar-refractivity contribution is 7.14. The van der Waals surface area contributed by atoms with E-state index in [-0.39, 0.29) is 18.1 Å². The Morgan fingerprint density at radius 2 is 1.96 bits per heavy atom. The van der Waals surface area contributed by atoms with Crippen molar-refractivity contribution < 1.29 is 19.1 Å². The van der Waals surface area contributed by atoms with Gasteiger partial charge in [0.2, 0.25) is 0 Å². The number of hydrogen-bond acceptors (Lipinski definition) is 3. The molecule has 0 aliphatic heterocycles. The zero-order chi connectivity index (χ0) is 17.3. The zero-order valence-electron chi connectivity index (χ0n) is 13.3. The van der Waals surface area contributed by atoms with Gasteiger partial charge in [0, 0.05) is 4.88 Å². The molecule has 1 fully saturated rings. The number of aliphatic carboxylic acids is 1. The molecule has 1 heterocycles. The first kappa shape index (κ1) is 16.6. The largest absolute Gasteiger partial charge is 0.481 e. The van der Waals surface area contributed by atoms with Crippen LogP contribution in [0.2, 0.25) is 0 Å². The van der Waals surface area contributed by atoms with Crippen LogP contribution in [-0.2, 0) is 4.79 Å². The first-order valence-electron chi connectivity index (χ1n) is 7.79. The first-order valence-corrected chi connectivity index (χ1v) is 8.61. The van der Waals surface area contributed by atoms with Crippen molar-refractivity contribution in [2.24, 2.45) is 0 Å². The van der Waals surface area contributed by atoms with E-state index in [2.05, 4.69) is 5.32 Å². The van der Waals surface area contributed by atoms with E-state index >= 15 is 0 Å². The van der Waals surface area contributed by atoms with E-state index in [0.29, 0.717) is 17.7 Å². The van der Waals surface area contributed by atoms with Crippen LogP contribution in [0.3, 0.4) is 0 Å². The van der Waals surface area contributed by atoms with Crippen LogP contribution in [0, 0.1) is 12.7 Å². The number of rotatable bonds is 5. The van der Waals surface area contributed by atoms with Gasteiger partial charge in [-0.15, -0.1) is 11.3 Å².